The van der Waals surface area contributed by atoms with Gasteiger partial charge in [0, 0.05) is 6.54 Å². The van der Waals surface area contributed by atoms with Crippen LogP contribution in [0.3, 0.4) is 0 Å². The first kappa shape index (κ1) is 12.2. The molecule has 1 aliphatic rings. The van der Waals surface area contributed by atoms with Crippen LogP contribution < -0.4 is 0 Å². The molecule has 1 aliphatic carbocycles. The van der Waals surface area contributed by atoms with Crippen LogP contribution in [0.1, 0.15) is 37.3 Å². The summed E-state index contributed by atoms with van der Waals surface area (Å²) >= 11 is 0. The van der Waals surface area contributed by atoms with E-state index in [0.29, 0.717) is 5.92 Å². The highest BCUT2D eigenvalue weighted by Crippen LogP contribution is 2.32. The van der Waals surface area contributed by atoms with E-state index in [4.69, 9.17) is 9.52 Å². The summed E-state index contributed by atoms with van der Waals surface area (Å²) in [4.78, 5) is 12.9. The van der Waals surface area contributed by atoms with E-state index >= 15 is 0 Å². The largest absolute Gasteiger partial charge is 0.480 e. The number of nitrogens with zero attached hydrogens (tertiary/aromatic N) is 1. The lowest BCUT2D eigenvalue weighted by atomic mass is 10.2. The van der Waals surface area contributed by atoms with E-state index in [0.717, 1.165) is 18.1 Å². The van der Waals surface area contributed by atoms with Gasteiger partial charge in [0.1, 0.15) is 11.5 Å². The first-order chi connectivity index (χ1) is 8.06. The molecule has 0 bridgehead atoms. The van der Waals surface area contributed by atoms with E-state index in [2.05, 4.69) is 0 Å². The van der Waals surface area contributed by atoms with Crippen molar-refractivity contribution in [2.24, 2.45) is 5.92 Å². The van der Waals surface area contributed by atoms with E-state index in [9.17, 15) is 4.79 Å². The number of hydrogen-bond acceptors (Lipinski definition) is 3. The molecule has 0 amide bonds. The van der Waals surface area contributed by atoms with Gasteiger partial charge in [-0.05, 0) is 44.7 Å². The van der Waals surface area contributed by atoms with Crippen molar-refractivity contribution >= 4 is 5.97 Å². The zero-order chi connectivity index (χ0) is 12.4. The predicted molar refractivity (Wildman–Crippen MR) is 63.8 cm³/mol. The molecule has 4 heteroatoms. The maximum Gasteiger partial charge on any atom is 0.317 e. The monoisotopic (exact) mass is 237 g/mol. The van der Waals surface area contributed by atoms with Gasteiger partial charge in [-0.1, -0.05) is 0 Å². The molecule has 1 aromatic heterocycles. The quantitative estimate of drug-likeness (QED) is 0.825. The van der Waals surface area contributed by atoms with Crippen molar-refractivity contribution in [3.63, 3.8) is 0 Å². The van der Waals surface area contributed by atoms with Crippen LogP contribution in [0, 0.1) is 12.8 Å². The molecule has 0 spiro atoms. The molecular weight excluding hydrogens is 218 g/mol. The van der Waals surface area contributed by atoms with Crippen molar-refractivity contribution in [1.29, 1.82) is 0 Å². The first-order valence-electron chi connectivity index (χ1n) is 6.08. The lowest BCUT2D eigenvalue weighted by molar-refractivity contribution is -0.139. The minimum absolute atomic E-state index is 0.0281. The summed E-state index contributed by atoms with van der Waals surface area (Å²) in [5.41, 5.74) is 0. The minimum atomic E-state index is -0.777. The maximum absolute atomic E-state index is 10.9. The molecule has 1 aromatic rings. The average molecular weight is 237 g/mol. The Kier molecular flexibility index (Phi) is 3.52. The smallest absolute Gasteiger partial charge is 0.317 e. The molecule has 0 aliphatic heterocycles. The molecule has 0 saturated heterocycles. The van der Waals surface area contributed by atoms with E-state index in [1.54, 1.807) is 0 Å². The highest BCUT2D eigenvalue weighted by molar-refractivity contribution is 5.69. The number of aliphatic carboxylic acids is 1. The van der Waals surface area contributed by atoms with E-state index in [1.807, 2.05) is 30.9 Å². The van der Waals surface area contributed by atoms with Crippen LogP contribution in [0.25, 0.3) is 0 Å². The number of carbonyl (C=O) groups is 1. The molecule has 1 heterocycles. The molecule has 2 rings (SSSR count). The number of hydrogen-bond donors (Lipinski definition) is 1. The second-order valence-electron chi connectivity index (χ2n) is 4.89. The Bertz CT molecular complexity index is 395. The van der Waals surface area contributed by atoms with Crippen molar-refractivity contribution in [3.8, 4) is 0 Å². The number of furan rings is 1. The molecule has 1 N–H and O–H groups in total. The van der Waals surface area contributed by atoms with Crippen LogP contribution in [0.5, 0.6) is 0 Å². The van der Waals surface area contributed by atoms with Gasteiger partial charge in [-0.25, -0.2) is 0 Å². The Balaban J connectivity index is 2.04. The van der Waals surface area contributed by atoms with E-state index in [1.165, 1.54) is 12.8 Å². The lowest BCUT2D eigenvalue weighted by Crippen LogP contribution is -2.33. The molecule has 1 saturated carbocycles. The van der Waals surface area contributed by atoms with E-state index < -0.39 is 5.97 Å². The predicted octanol–water partition coefficient (Wildman–Crippen LogP) is 2.45. The van der Waals surface area contributed by atoms with Crippen LogP contribution in [0.2, 0.25) is 0 Å². The first-order valence-corrected chi connectivity index (χ1v) is 6.08. The lowest BCUT2D eigenvalue weighted by Gasteiger charge is -2.25. The highest BCUT2D eigenvalue weighted by atomic mass is 16.4. The highest BCUT2D eigenvalue weighted by Gasteiger charge is 2.29. The minimum Gasteiger partial charge on any atom is -0.480 e. The van der Waals surface area contributed by atoms with Crippen LogP contribution in [-0.2, 0) is 4.79 Å². The van der Waals surface area contributed by atoms with Crippen LogP contribution in [0.4, 0.5) is 0 Å². The molecule has 0 aromatic carbocycles. The van der Waals surface area contributed by atoms with Crippen molar-refractivity contribution in [3.05, 3.63) is 23.7 Å². The molecule has 0 radical (unpaired) electrons. The Hall–Kier alpha value is -1.29. The second-order valence-corrected chi connectivity index (χ2v) is 4.89. The Morgan fingerprint density at radius 3 is 2.76 bits per heavy atom. The van der Waals surface area contributed by atoms with Gasteiger partial charge in [-0.15, -0.1) is 0 Å². The summed E-state index contributed by atoms with van der Waals surface area (Å²) in [5, 5.41) is 8.95. The maximum atomic E-state index is 10.9. The molecule has 94 valence electrons. The van der Waals surface area contributed by atoms with Gasteiger partial charge in [-0.3, -0.25) is 9.69 Å². The summed E-state index contributed by atoms with van der Waals surface area (Å²) in [7, 11) is 0. The summed E-state index contributed by atoms with van der Waals surface area (Å²) < 4.78 is 5.58. The van der Waals surface area contributed by atoms with Crippen molar-refractivity contribution in [1.82, 2.24) is 4.90 Å². The van der Waals surface area contributed by atoms with Gasteiger partial charge < -0.3 is 9.52 Å². The summed E-state index contributed by atoms with van der Waals surface area (Å²) in [5.74, 6) is 1.62. The van der Waals surface area contributed by atoms with Gasteiger partial charge in [-0.2, -0.15) is 0 Å². The third-order valence-electron chi connectivity index (χ3n) is 3.25. The third-order valence-corrected chi connectivity index (χ3v) is 3.25. The molecule has 1 atom stereocenters. The van der Waals surface area contributed by atoms with Crippen LogP contribution in [-0.4, -0.2) is 29.1 Å². The standard InChI is InChI=1S/C13H19NO3/c1-9-3-6-12(17-9)10(2)14(8-13(15)16)7-11-4-5-11/h3,6,10-11H,4-5,7-8H2,1-2H3,(H,15,16). The van der Waals surface area contributed by atoms with Gasteiger partial charge in [0.2, 0.25) is 0 Å². The van der Waals surface area contributed by atoms with E-state index in [-0.39, 0.29) is 12.6 Å². The third kappa shape index (κ3) is 3.33. The van der Waals surface area contributed by atoms with Crippen molar-refractivity contribution < 1.29 is 14.3 Å². The average Bonchev–Trinajstić information content (AvgIpc) is 2.96. The van der Waals surface area contributed by atoms with Gasteiger partial charge >= 0.3 is 5.97 Å². The summed E-state index contributed by atoms with van der Waals surface area (Å²) in [6.07, 6.45) is 2.44. The van der Waals surface area contributed by atoms with Gasteiger partial charge in [0.15, 0.2) is 0 Å². The van der Waals surface area contributed by atoms with Gasteiger partial charge in [0.25, 0.3) is 0 Å². The SMILES string of the molecule is Cc1ccc(C(C)N(CC(=O)O)CC2CC2)o1. The van der Waals surface area contributed by atoms with Gasteiger partial charge in [0.05, 0.1) is 12.6 Å². The van der Waals surface area contributed by atoms with Crippen molar-refractivity contribution in [2.45, 2.75) is 32.7 Å². The Labute approximate surface area is 101 Å². The molecule has 1 unspecified atom stereocenters. The molecule has 4 nitrogen and oxygen atoms in total. The van der Waals surface area contributed by atoms with Crippen LogP contribution in [0.15, 0.2) is 16.5 Å². The number of carboxylic acid groups (broad SMARTS) is 1. The number of carboxylic acids is 1. The van der Waals surface area contributed by atoms with Crippen molar-refractivity contribution in [2.75, 3.05) is 13.1 Å². The zero-order valence-corrected chi connectivity index (χ0v) is 10.3. The fourth-order valence-corrected chi connectivity index (χ4v) is 2.02. The molecular formula is C13H19NO3. The number of aryl methyl sites for hydroxylation is 1. The Morgan fingerprint density at radius 2 is 2.29 bits per heavy atom. The second kappa shape index (κ2) is 4.92. The fourth-order valence-electron chi connectivity index (χ4n) is 2.02. The molecule has 17 heavy (non-hydrogen) atoms. The number of rotatable bonds is 6. The summed E-state index contributed by atoms with van der Waals surface area (Å²) in [6.45, 7) is 4.84. The topological polar surface area (TPSA) is 53.7 Å². The fraction of sp³-hybridized carbons (Fsp3) is 0.615. The van der Waals surface area contributed by atoms with Crippen LogP contribution >= 0.6 is 0 Å². The normalized spacial score (nSPS) is 17.4. The molecule has 1 fully saturated rings. The zero-order valence-electron chi connectivity index (χ0n) is 10.3. The Morgan fingerprint density at radius 1 is 1.59 bits per heavy atom. The summed E-state index contributed by atoms with van der Waals surface area (Å²) in [6, 6.07) is 3.88.